The number of ether oxygens (including phenoxy) is 1. The molecule has 2 aliphatic rings. The van der Waals surface area contributed by atoms with Gasteiger partial charge in [0, 0.05) is 31.2 Å². The van der Waals surface area contributed by atoms with E-state index in [2.05, 4.69) is 5.32 Å². The second-order valence-electron chi connectivity index (χ2n) is 5.59. The third-order valence-electron chi connectivity index (χ3n) is 4.25. The minimum Gasteiger partial charge on any atom is -0.494 e. The molecule has 0 aliphatic carbocycles. The summed E-state index contributed by atoms with van der Waals surface area (Å²) < 4.78 is 45.2. The largest absolute Gasteiger partial charge is 0.494 e. The Kier molecular flexibility index (Phi) is 5.32. The van der Waals surface area contributed by atoms with Gasteiger partial charge in [-0.05, 0) is 31.4 Å². The van der Waals surface area contributed by atoms with Crippen molar-refractivity contribution in [2.24, 2.45) is 0 Å². The molecule has 3 rings (SSSR count). The van der Waals surface area contributed by atoms with Crippen LogP contribution in [0.15, 0.2) is 23.1 Å². The van der Waals surface area contributed by atoms with Crippen molar-refractivity contribution in [3.8, 4) is 5.75 Å². The monoisotopic (exact) mass is 350 g/mol. The third kappa shape index (κ3) is 3.22. The Balaban J connectivity index is 0.00000176. The van der Waals surface area contributed by atoms with Crippen molar-refractivity contribution in [3.05, 3.63) is 24.0 Å². The van der Waals surface area contributed by atoms with Crippen molar-refractivity contribution < 1.29 is 17.5 Å². The van der Waals surface area contributed by atoms with Gasteiger partial charge in [0.1, 0.15) is 0 Å². The fraction of sp³-hybridized carbons (Fsp3) is 0.571. The first-order valence-electron chi connectivity index (χ1n) is 7.10. The van der Waals surface area contributed by atoms with Crippen molar-refractivity contribution >= 4 is 22.4 Å². The summed E-state index contributed by atoms with van der Waals surface area (Å²) in [5.41, 5.74) is 0. The van der Waals surface area contributed by atoms with Gasteiger partial charge in [0.2, 0.25) is 10.0 Å². The van der Waals surface area contributed by atoms with Gasteiger partial charge in [-0.15, -0.1) is 12.4 Å². The van der Waals surface area contributed by atoms with Crippen LogP contribution in [0.2, 0.25) is 0 Å². The number of halogens is 2. The molecule has 2 saturated heterocycles. The first kappa shape index (κ1) is 17.5. The molecule has 2 heterocycles. The maximum Gasteiger partial charge on any atom is 0.243 e. The highest BCUT2D eigenvalue weighted by Crippen LogP contribution is 2.27. The Bertz CT molecular complexity index is 641. The Morgan fingerprint density at radius 3 is 2.73 bits per heavy atom. The van der Waals surface area contributed by atoms with E-state index in [9.17, 15) is 12.8 Å². The summed E-state index contributed by atoms with van der Waals surface area (Å²) in [5, 5.41) is 3.45. The Morgan fingerprint density at radius 1 is 1.27 bits per heavy atom. The number of hydrogen-bond acceptors (Lipinski definition) is 4. The smallest absolute Gasteiger partial charge is 0.243 e. The molecule has 2 aliphatic heterocycles. The van der Waals surface area contributed by atoms with Gasteiger partial charge in [0.15, 0.2) is 11.6 Å². The summed E-state index contributed by atoms with van der Waals surface area (Å²) in [6, 6.07) is 4.31. The predicted octanol–water partition coefficient (Wildman–Crippen LogP) is 1.77. The van der Waals surface area contributed by atoms with Gasteiger partial charge < -0.3 is 10.1 Å². The van der Waals surface area contributed by atoms with Gasteiger partial charge in [-0.25, -0.2) is 12.8 Å². The molecule has 5 nitrogen and oxygen atoms in total. The van der Waals surface area contributed by atoms with Crippen molar-refractivity contribution in [3.63, 3.8) is 0 Å². The molecule has 2 atom stereocenters. The minimum atomic E-state index is -3.61. The lowest BCUT2D eigenvalue weighted by atomic mass is 10.1. The molecule has 22 heavy (non-hydrogen) atoms. The highest BCUT2D eigenvalue weighted by Gasteiger charge is 2.35. The zero-order valence-electron chi connectivity index (χ0n) is 12.3. The van der Waals surface area contributed by atoms with Crippen LogP contribution in [-0.2, 0) is 10.0 Å². The van der Waals surface area contributed by atoms with E-state index >= 15 is 0 Å². The summed E-state index contributed by atoms with van der Waals surface area (Å²) >= 11 is 0. The molecule has 8 heteroatoms. The first-order chi connectivity index (χ1) is 10.0. The SMILES string of the molecule is COc1cc(S(=O)(=O)N2CCC3CCC(C2)N3)ccc1F.Cl. The van der Waals surface area contributed by atoms with Crippen molar-refractivity contribution in [1.82, 2.24) is 9.62 Å². The van der Waals surface area contributed by atoms with Crippen LogP contribution in [0.1, 0.15) is 19.3 Å². The van der Waals surface area contributed by atoms with Crippen molar-refractivity contribution in [2.75, 3.05) is 20.2 Å². The van der Waals surface area contributed by atoms with Crippen LogP contribution in [0.3, 0.4) is 0 Å². The number of benzene rings is 1. The Hall–Kier alpha value is -0.890. The van der Waals surface area contributed by atoms with E-state index in [0.717, 1.165) is 25.3 Å². The lowest BCUT2D eigenvalue weighted by Crippen LogP contribution is -2.39. The quantitative estimate of drug-likeness (QED) is 0.902. The summed E-state index contributed by atoms with van der Waals surface area (Å²) in [7, 11) is -2.29. The molecule has 2 unspecified atom stereocenters. The van der Waals surface area contributed by atoms with Crippen LogP contribution in [-0.4, -0.2) is 45.0 Å². The number of rotatable bonds is 3. The molecule has 2 bridgehead atoms. The highest BCUT2D eigenvalue weighted by molar-refractivity contribution is 7.89. The number of hydrogen-bond donors (Lipinski definition) is 1. The van der Waals surface area contributed by atoms with Crippen LogP contribution in [0.5, 0.6) is 5.75 Å². The van der Waals surface area contributed by atoms with E-state index in [-0.39, 0.29) is 29.1 Å². The number of nitrogens with zero attached hydrogens (tertiary/aromatic N) is 1. The van der Waals surface area contributed by atoms with E-state index in [1.165, 1.54) is 23.5 Å². The zero-order chi connectivity index (χ0) is 15.0. The number of nitrogens with one attached hydrogen (secondary N) is 1. The Labute approximate surface area is 136 Å². The molecule has 1 aromatic carbocycles. The fourth-order valence-corrected chi connectivity index (χ4v) is 4.59. The van der Waals surface area contributed by atoms with E-state index in [4.69, 9.17) is 4.74 Å². The molecule has 1 N–H and O–H groups in total. The van der Waals surface area contributed by atoms with Crippen molar-refractivity contribution in [1.29, 1.82) is 0 Å². The first-order valence-corrected chi connectivity index (χ1v) is 8.54. The molecular formula is C14H20ClFN2O3S. The number of sulfonamides is 1. The summed E-state index contributed by atoms with van der Waals surface area (Å²) in [5.74, 6) is -0.612. The molecule has 1 aromatic rings. The predicted molar refractivity (Wildman–Crippen MR) is 83.5 cm³/mol. The average molecular weight is 351 g/mol. The van der Waals surface area contributed by atoms with Crippen molar-refractivity contribution in [2.45, 2.75) is 36.2 Å². The molecule has 0 aromatic heterocycles. The van der Waals surface area contributed by atoms with E-state index in [1.807, 2.05) is 0 Å². The average Bonchev–Trinajstić information content (AvgIpc) is 2.77. The maximum atomic E-state index is 13.4. The molecule has 124 valence electrons. The van der Waals surface area contributed by atoms with Gasteiger partial charge in [0.05, 0.1) is 12.0 Å². The zero-order valence-corrected chi connectivity index (χ0v) is 13.9. The molecule has 0 amide bonds. The second-order valence-corrected chi connectivity index (χ2v) is 7.52. The van der Waals surface area contributed by atoms with Crippen LogP contribution < -0.4 is 10.1 Å². The third-order valence-corrected chi connectivity index (χ3v) is 6.11. The van der Waals surface area contributed by atoms with Gasteiger partial charge in [-0.1, -0.05) is 0 Å². The normalized spacial score (nSPS) is 25.4. The van der Waals surface area contributed by atoms with E-state index < -0.39 is 15.8 Å². The topological polar surface area (TPSA) is 58.6 Å². The minimum absolute atomic E-state index is 0. The van der Waals surface area contributed by atoms with E-state index in [0.29, 0.717) is 19.1 Å². The van der Waals surface area contributed by atoms with Gasteiger partial charge in [-0.2, -0.15) is 4.31 Å². The fourth-order valence-electron chi connectivity index (χ4n) is 3.08. The van der Waals surface area contributed by atoms with Crippen LogP contribution in [0.4, 0.5) is 4.39 Å². The summed E-state index contributed by atoms with van der Waals surface area (Å²) in [4.78, 5) is 0.0820. The van der Waals surface area contributed by atoms with Gasteiger partial charge >= 0.3 is 0 Å². The lowest BCUT2D eigenvalue weighted by Gasteiger charge is -2.23. The molecule has 2 fully saturated rings. The summed E-state index contributed by atoms with van der Waals surface area (Å²) in [6.07, 6.45) is 2.93. The number of methoxy groups -OCH3 is 1. The highest BCUT2D eigenvalue weighted by atomic mass is 35.5. The van der Waals surface area contributed by atoms with Crippen LogP contribution >= 0.6 is 12.4 Å². The summed E-state index contributed by atoms with van der Waals surface area (Å²) in [6.45, 7) is 0.967. The number of fused-ring (bicyclic) bond motifs is 2. The molecule has 0 saturated carbocycles. The molecular weight excluding hydrogens is 331 g/mol. The second kappa shape index (κ2) is 6.70. The molecule has 0 spiro atoms. The van der Waals surface area contributed by atoms with Crippen LogP contribution in [0.25, 0.3) is 0 Å². The Morgan fingerprint density at radius 2 is 2.00 bits per heavy atom. The standard InChI is InChI=1S/C14H19FN2O3S.ClH/c1-20-14-8-12(4-5-13(14)15)21(18,19)17-7-6-10-2-3-11(9-17)16-10;/h4-5,8,10-11,16H,2-3,6-7,9H2,1H3;1H. The van der Waals surface area contributed by atoms with Gasteiger partial charge in [-0.3, -0.25) is 0 Å². The van der Waals surface area contributed by atoms with Gasteiger partial charge in [0.25, 0.3) is 0 Å². The molecule has 0 radical (unpaired) electrons. The van der Waals surface area contributed by atoms with Crippen LogP contribution in [0, 0.1) is 5.82 Å². The lowest BCUT2D eigenvalue weighted by molar-refractivity contribution is 0.377. The van der Waals surface area contributed by atoms with E-state index in [1.54, 1.807) is 0 Å². The maximum absolute atomic E-state index is 13.4.